The van der Waals surface area contributed by atoms with E-state index in [0.717, 1.165) is 16.6 Å². The summed E-state index contributed by atoms with van der Waals surface area (Å²) in [6.45, 7) is 0. The topological polar surface area (TPSA) is 59.4 Å². The highest BCUT2D eigenvalue weighted by Crippen LogP contribution is 2.34. The van der Waals surface area contributed by atoms with Gasteiger partial charge < -0.3 is 0 Å². The summed E-state index contributed by atoms with van der Waals surface area (Å²) < 4.78 is 30.4. The van der Waals surface area contributed by atoms with Crippen LogP contribution in [0.25, 0.3) is 39.2 Å². The number of H-pyrrole nitrogens is 1. The third-order valence-electron chi connectivity index (χ3n) is 4.66. The number of fused-ring (bicyclic) bond motifs is 1. The van der Waals surface area contributed by atoms with Crippen LogP contribution in [0.15, 0.2) is 67.3 Å². The lowest BCUT2D eigenvalue weighted by atomic mass is 10.0. The second-order valence-electron chi connectivity index (χ2n) is 6.40. The molecule has 0 spiro atoms. The van der Waals surface area contributed by atoms with Gasteiger partial charge in [-0.1, -0.05) is 23.7 Å². The van der Waals surface area contributed by atoms with Gasteiger partial charge in [0, 0.05) is 18.0 Å². The second kappa shape index (κ2) is 10.3. The number of pyridine rings is 1. The van der Waals surface area contributed by atoms with Gasteiger partial charge in [0.2, 0.25) is 0 Å². The summed E-state index contributed by atoms with van der Waals surface area (Å²) in [5, 5.41) is 7.34. The average Bonchev–Trinajstić information content (AvgIpc) is 3.35. The van der Waals surface area contributed by atoms with Crippen molar-refractivity contribution < 1.29 is 8.78 Å². The smallest absolute Gasteiger partial charge is 0.138 e. The number of halogens is 6. The summed E-state index contributed by atoms with van der Waals surface area (Å²) in [5.41, 5.74) is 2.89. The predicted molar refractivity (Wildman–Crippen MR) is 129 cm³/mol. The van der Waals surface area contributed by atoms with Crippen molar-refractivity contribution in [2.24, 2.45) is 0 Å². The number of nitrogens with zero attached hydrogens (tertiary/aromatic N) is 4. The SMILES string of the molecule is Cl.Cl.Cl.Fc1cccc(F)c1-c1n[nH]cc1-c1ccc2ncn(-c3ccc(Cl)cn3)c2c1. The summed E-state index contributed by atoms with van der Waals surface area (Å²) in [4.78, 5) is 8.72. The van der Waals surface area contributed by atoms with Crippen LogP contribution in [0.5, 0.6) is 0 Å². The molecule has 0 aliphatic carbocycles. The van der Waals surface area contributed by atoms with Crippen LogP contribution in [-0.2, 0) is 0 Å². The third-order valence-corrected chi connectivity index (χ3v) is 4.88. The molecule has 11 heteroatoms. The second-order valence-corrected chi connectivity index (χ2v) is 6.83. The highest BCUT2D eigenvalue weighted by Gasteiger charge is 2.19. The van der Waals surface area contributed by atoms with Crippen LogP contribution in [0, 0.1) is 11.6 Å². The normalized spacial score (nSPS) is 10.2. The fourth-order valence-electron chi connectivity index (χ4n) is 3.29. The van der Waals surface area contributed by atoms with Crippen molar-refractivity contribution in [2.75, 3.05) is 0 Å². The maximum absolute atomic E-state index is 14.3. The Kier molecular flexibility index (Phi) is 8.20. The van der Waals surface area contributed by atoms with Gasteiger partial charge in [0.1, 0.15) is 29.5 Å². The van der Waals surface area contributed by atoms with Gasteiger partial charge in [-0.3, -0.25) is 9.67 Å². The molecule has 0 unspecified atom stereocenters. The van der Waals surface area contributed by atoms with E-state index in [1.807, 2.05) is 22.8 Å². The number of nitrogens with one attached hydrogen (secondary N) is 1. The first-order valence-corrected chi connectivity index (χ1v) is 9.07. The Morgan fingerprint density at radius 1 is 0.906 bits per heavy atom. The minimum absolute atomic E-state index is 0. The zero-order chi connectivity index (χ0) is 20.0. The Hall–Kier alpha value is -2.71. The molecule has 0 radical (unpaired) electrons. The summed E-state index contributed by atoms with van der Waals surface area (Å²) >= 11 is 5.93. The molecule has 32 heavy (non-hydrogen) atoms. The van der Waals surface area contributed by atoms with Gasteiger partial charge in [-0.15, -0.1) is 37.2 Å². The Labute approximate surface area is 205 Å². The van der Waals surface area contributed by atoms with E-state index in [1.165, 1.54) is 18.2 Å². The van der Waals surface area contributed by atoms with Gasteiger partial charge in [-0.25, -0.2) is 18.7 Å². The molecule has 2 aromatic carbocycles. The lowest BCUT2D eigenvalue weighted by molar-refractivity contribution is 0.588. The molecule has 0 atom stereocenters. The molecule has 0 aliphatic heterocycles. The molecule has 3 heterocycles. The molecular formula is C21H15Cl4F2N5. The highest BCUT2D eigenvalue weighted by atomic mass is 35.5. The Morgan fingerprint density at radius 3 is 2.34 bits per heavy atom. The van der Waals surface area contributed by atoms with Gasteiger partial charge in [-0.2, -0.15) is 5.10 Å². The summed E-state index contributed by atoms with van der Waals surface area (Å²) in [6, 6.07) is 12.8. The van der Waals surface area contributed by atoms with Gasteiger partial charge in [0.05, 0.1) is 21.6 Å². The molecule has 0 saturated carbocycles. The van der Waals surface area contributed by atoms with E-state index in [1.54, 1.807) is 30.9 Å². The van der Waals surface area contributed by atoms with E-state index in [4.69, 9.17) is 11.6 Å². The highest BCUT2D eigenvalue weighted by molar-refractivity contribution is 6.30. The molecule has 5 rings (SSSR count). The monoisotopic (exact) mass is 515 g/mol. The molecule has 5 nitrogen and oxygen atoms in total. The van der Waals surface area contributed by atoms with E-state index in [9.17, 15) is 8.78 Å². The Morgan fingerprint density at radius 2 is 1.66 bits per heavy atom. The fraction of sp³-hybridized carbons (Fsp3) is 0. The maximum atomic E-state index is 14.3. The molecular weight excluding hydrogens is 502 g/mol. The molecule has 3 aromatic heterocycles. The average molecular weight is 517 g/mol. The number of hydrogen-bond acceptors (Lipinski definition) is 3. The van der Waals surface area contributed by atoms with Crippen LogP contribution in [-0.4, -0.2) is 24.7 Å². The Bertz CT molecular complexity index is 1330. The zero-order valence-electron chi connectivity index (χ0n) is 16.0. The number of benzene rings is 2. The van der Waals surface area contributed by atoms with Crippen LogP contribution in [0.1, 0.15) is 0 Å². The quantitative estimate of drug-likeness (QED) is 0.291. The lowest BCUT2D eigenvalue weighted by Crippen LogP contribution is -1.95. The van der Waals surface area contributed by atoms with Crippen molar-refractivity contribution in [3.63, 3.8) is 0 Å². The molecule has 0 bridgehead atoms. The molecule has 0 fully saturated rings. The van der Waals surface area contributed by atoms with Crippen LogP contribution in [0.3, 0.4) is 0 Å². The fourth-order valence-corrected chi connectivity index (χ4v) is 3.40. The third kappa shape index (κ3) is 4.42. The maximum Gasteiger partial charge on any atom is 0.138 e. The molecule has 1 N–H and O–H groups in total. The van der Waals surface area contributed by atoms with E-state index < -0.39 is 11.6 Å². The van der Waals surface area contributed by atoms with E-state index in [2.05, 4.69) is 20.2 Å². The first kappa shape index (κ1) is 25.5. The number of rotatable bonds is 3. The van der Waals surface area contributed by atoms with E-state index in [-0.39, 0.29) is 48.5 Å². The molecule has 0 amide bonds. The molecule has 5 aromatic rings. The van der Waals surface area contributed by atoms with Crippen molar-refractivity contribution in [2.45, 2.75) is 0 Å². The largest absolute Gasteiger partial charge is 0.284 e. The van der Waals surface area contributed by atoms with E-state index >= 15 is 0 Å². The molecule has 0 aliphatic rings. The minimum Gasteiger partial charge on any atom is -0.284 e. The molecule has 166 valence electrons. The minimum atomic E-state index is -0.671. The van der Waals surface area contributed by atoms with Gasteiger partial charge in [-0.05, 0) is 42.0 Å². The summed E-state index contributed by atoms with van der Waals surface area (Å²) in [6.07, 6.45) is 4.84. The molecule has 0 saturated heterocycles. The summed E-state index contributed by atoms with van der Waals surface area (Å²) in [7, 11) is 0. The van der Waals surface area contributed by atoms with Crippen molar-refractivity contribution in [3.05, 3.63) is 83.9 Å². The van der Waals surface area contributed by atoms with Crippen LogP contribution in [0.4, 0.5) is 8.78 Å². The standard InChI is InChI=1S/C21H12ClF2N5.3ClH/c22-13-5-7-19(25-9-13)29-11-26-17-6-4-12(8-18(17)29)14-10-27-28-21(14)20-15(23)2-1-3-16(20)24;;;/h1-11H,(H,27,28);3*1H. The van der Waals surface area contributed by atoms with Crippen LogP contribution < -0.4 is 0 Å². The summed E-state index contributed by atoms with van der Waals surface area (Å²) in [5.74, 6) is -0.689. The van der Waals surface area contributed by atoms with Gasteiger partial charge in [0.15, 0.2) is 0 Å². The van der Waals surface area contributed by atoms with Crippen molar-refractivity contribution in [3.8, 4) is 28.2 Å². The van der Waals surface area contributed by atoms with Crippen molar-refractivity contribution >= 4 is 59.9 Å². The first-order valence-electron chi connectivity index (χ1n) is 8.69. The Balaban J connectivity index is 0.00000121. The van der Waals surface area contributed by atoms with Gasteiger partial charge >= 0.3 is 0 Å². The number of aromatic amines is 1. The predicted octanol–water partition coefficient (Wildman–Crippen LogP) is 6.67. The number of imidazole rings is 1. The van der Waals surface area contributed by atoms with Gasteiger partial charge in [0.25, 0.3) is 0 Å². The lowest BCUT2D eigenvalue weighted by Gasteiger charge is -2.07. The zero-order valence-corrected chi connectivity index (χ0v) is 19.2. The number of hydrogen-bond donors (Lipinski definition) is 1. The van der Waals surface area contributed by atoms with E-state index in [0.29, 0.717) is 16.4 Å². The van der Waals surface area contributed by atoms with Crippen LogP contribution >= 0.6 is 48.8 Å². The first-order chi connectivity index (χ1) is 14.1. The van der Waals surface area contributed by atoms with Crippen LogP contribution in [0.2, 0.25) is 5.02 Å². The van der Waals surface area contributed by atoms with Crippen molar-refractivity contribution in [1.82, 2.24) is 24.7 Å². The number of aromatic nitrogens is 5. The van der Waals surface area contributed by atoms with Crippen molar-refractivity contribution in [1.29, 1.82) is 0 Å².